The van der Waals surface area contributed by atoms with Gasteiger partial charge >= 0.3 is 0 Å². The Morgan fingerprint density at radius 3 is 2.44 bits per heavy atom. The Kier molecular flexibility index (Phi) is 6.79. The fourth-order valence-corrected chi connectivity index (χ4v) is 4.59. The summed E-state index contributed by atoms with van der Waals surface area (Å²) in [5.74, 6) is 0.375. The molecular weight excluding hydrogens is 334 g/mol. The molecule has 1 unspecified atom stereocenters. The molecule has 0 aliphatic carbocycles. The lowest BCUT2D eigenvalue weighted by Crippen LogP contribution is -2.30. The van der Waals surface area contributed by atoms with Crippen LogP contribution >= 0.6 is 0 Å². The minimum absolute atomic E-state index is 0.293. The smallest absolute Gasteiger partial charge is 0.236 e. The topological polar surface area (TPSA) is 64.0 Å². The van der Waals surface area contributed by atoms with Gasteiger partial charge in [0.2, 0.25) is 10.0 Å². The molecular formula is C19H29N3O2S. The first-order chi connectivity index (χ1) is 11.9. The van der Waals surface area contributed by atoms with Crippen LogP contribution in [0.5, 0.6) is 0 Å². The standard InChI is InChI=1S/C19H29N3O2S/c1-5-7-11-17(6-2)14-20-25(23,24)19-15(3)21-22(16(19)4)18-12-9-8-10-13-18/h8-10,12-13,17,20H,5-7,11,14H2,1-4H3. The zero-order valence-electron chi connectivity index (χ0n) is 15.6. The molecule has 0 radical (unpaired) electrons. The third-order valence-electron chi connectivity index (χ3n) is 4.60. The van der Waals surface area contributed by atoms with E-state index in [-0.39, 0.29) is 0 Å². The van der Waals surface area contributed by atoms with E-state index in [1.54, 1.807) is 18.5 Å². The van der Waals surface area contributed by atoms with Crippen LogP contribution in [-0.2, 0) is 10.0 Å². The number of hydrogen-bond donors (Lipinski definition) is 1. The van der Waals surface area contributed by atoms with Crippen LogP contribution in [0.3, 0.4) is 0 Å². The number of aryl methyl sites for hydroxylation is 1. The molecule has 138 valence electrons. The summed E-state index contributed by atoms with van der Waals surface area (Å²) in [5.41, 5.74) is 2.02. The van der Waals surface area contributed by atoms with Crippen LogP contribution < -0.4 is 4.72 Å². The molecule has 1 N–H and O–H groups in total. The lowest BCUT2D eigenvalue weighted by molar-refractivity contribution is 0.443. The van der Waals surface area contributed by atoms with E-state index in [0.717, 1.165) is 31.4 Å². The van der Waals surface area contributed by atoms with Crippen LogP contribution in [0.2, 0.25) is 0 Å². The molecule has 1 aromatic heterocycles. The van der Waals surface area contributed by atoms with Gasteiger partial charge in [-0.05, 0) is 38.3 Å². The summed E-state index contributed by atoms with van der Waals surface area (Å²) < 4.78 is 30.2. The maximum absolute atomic E-state index is 12.8. The molecule has 1 atom stereocenters. The molecule has 1 aromatic carbocycles. The van der Waals surface area contributed by atoms with Crippen molar-refractivity contribution in [2.45, 2.75) is 58.3 Å². The van der Waals surface area contributed by atoms with Gasteiger partial charge in [0.1, 0.15) is 4.90 Å². The van der Waals surface area contributed by atoms with Crippen molar-refractivity contribution in [3.8, 4) is 5.69 Å². The Labute approximate surface area is 151 Å². The number of nitrogens with zero attached hydrogens (tertiary/aromatic N) is 2. The van der Waals surface area contributed by atoms with E-state index in [9.17, 15) is 8.42 Å². The quantitative estimate of drug-likeness (QED) is 0.733. The second-order valence-electron chi connectivity index (χ2n) is 6.52. The van der Waals surface area contributed by atoms with Crippen molar-refractivity contribution < 1.29 is 8.42 Å². The molecule has 0 fully saturated rings. The second-order valence-corrected chi connectivity index (χ2v) is 8.22. The van der Waals surface area contributed by atoms with Gasteiger partial charge in [-0.2, -0.15) is 5.10 Å². The maximum atomic E-state index is 12.8. The van der Waals surface area contributed by atoms with Gasteiger partial charge in [0.05, 0.1) is 17.1 Å². The number of para-hydroxylation sites is 1. The molecule has 1 heterocycles. The Morgan fingerprint density at radius 2 is 1.84 bits per heavy atom. The van der Waals surface area contributed by atoms with E-state index >= 15 is 0 Å². The number of sulfonamides is 1. The number of aromatic nitrogens is 2. The highest BCUT2D eigenvalue weighted by Gasteiger charge is 2.25. The average molecular weight is 364 g/mol. The summed E-state index contributed by atoms with van der Waals surface area (Å²) in [6.07, 6.45) is 4.29. The second kappa shape index (κ2) is 8.63. The van der Waals surface area contributed by atoms with Crippen LogP contribution in [0.4, 0.5) is 0 Å². The Hall–Kier alpha value is -1.66. The largest absolute Gasteiger partial charge is 0.244 e. The molecule has 6 heteroatoms. The van der Waals surface area contributed by atoms with Crippen LogP contribution in [0.15, 0.2) is 35.2 Å². The van der Waals surface area contributed by atoms with Crippen molar-refractivity contribution >= 4 is 10.0 Å². The van der Waals surface area contributed by atoms with Crippen LogP contribution in [-0.4, -0.2) is 24.7 Å². The van der Waals surface area contributed by atoms with Crippen molar-refractivity contribution in [3.05, 3.63) is 41.7 Å². The van der Waals surface area contributed by atoms with Crippen molar-refractivity contribution in [1.29, 1.82) is 0 Å². The van der Waals surface area contributed by atoms with Crippen molar-refractivity contribution in [3.63, 3.8) is 0 Å². The SMILES string of the molecule is CCCCC(CC)CNS(=O)(=O)c1c(C)nn(-c2ccccc2)c1C. The van der Waals surface area contributed by atoms with Crippen LogP contribution in [0.1, 0.15) is 50.9 Å². The summed E-state index contributed by atoms with van der Waals surface area (Å²) in [6.45, 7) is 8.29. The van der Waals surface area contributed by atoms with E-state index in [1.807, 2.05) is 30.3 Å². The summed E-state index contributed by atoms with van der Waals surface area (Å²) >= 11 is 0. The third-order valence-corrected chi connectivity index (χ3v) is 6.27. The highest BCUT2D eigenvalue weighted by Crippen LogP contribution is 2.23. The molecule has 25 heavy (non-hydrogen) atoms. The zero-order valence-corrected chi connectivity index (χ0v) is 16.4. The highest BCUT2D eigenvalue weighted by molar-refractivity contribution is 7.89. The number of hydrogen-bond acceptors (Lipinski definition) is 3. The Morgan fingerprint density at radius 1 is 1.16 bits per heavy atom. The molecule has 0 bridgehead atoms. The van der Waals surface area contributed by atoms with Crippen molar-refractivity contribution in [2.24, 2.45) is 5.92 Å². The number of nitrogens with one attached hydrogen (secondary N) is 1. The summed E-state index contributed by atoms with van der Waals surface area (Å²) in [4.78, 5) is 0.293. The van der Waals surface area contributed by atoms with Crippen LogP contribution in [0.25, 0.3) is 5.69 Å². The predicted octanol–water partition coefficient (Wildman–Crippen LogP) is 3.98. The van der Waals surface area contributed by atoms with Crippen molar-refractivity contribution in [1.82, 2.24) is 14.5 Å². The average Bonchev–Trinajstić information content (AvgIpc) is 2.91. The fraction of sp³-hybridized carbons (Fsp3) is 0.526. The van der Waals surface area contributed by atoms with Gasteiger partial charge in [-0.1, -0.05) is 51.3 Å². The number of benzene rings is 1. The third kappa shape index (κ3) is 4.70. The van der Waals surface area contributed by atoms with Gasteiger partial charge < -0.3 is 0 Å². The minimum atomic E-state index is -3.57. The van der Waals surface area contributed by atoms with Crippen LogP contribution in [0, 0.1) is 19.8 Å². The summed E-state index contributed by atoms with van der Waals surface area (Å²) in [7, 11) is -3.57. The normalized spacial score (nSPS) is 13.1. The monoisotopic (exact) mass is 363 g/mol. The first kappa shape index (κ1) is 19.7. The first-order valence-corrected chi connectivity index (χ1v) is 10.5. The molecule has 0 spiro atoms. The molecule has 0 saturated carbocycles. The predicted molar refractivity (Wildman–Crippen MR) is 102 cm³/mol. The fourth-order valence-electron chi connectivity index (χ4n) is 3.08. The molecule has 0 amide bonds. The maximum Gasteiger partial charge on any atom is 0.244 e. The summed E-state index contributed by atoms with van der Waals surface area (Å²) in [6, 6.07) is 9.59. The first-order valence-electron chi connectivity index (χ1n) is 9.02. The molecule has 5 nitrogen and oxygen atoms in total. The molecule has 0 aliphatic rings. The number of unbranched alkanes of at least 4 members (excludes halogenated alkanes) is 1. The lowest BCUT2D eigenvalue weighted by atomic mass is 10.00. The molecule has 0 aliphatic heterocycles. The Balaban J connectivity index is 2.24. The zero-order chi connectivity index (χ0) is 18.4. The molecule has 2 aromatic rings. The van der Waals surface area contributed by atoms with E-state index in [0.29, 0.717) is 28.7 Å². The highest BCUT2D eigenvalue weighted by atomic mass is 32.2. The van der Waals surface area contributed by atoms with Gasteiger partial charge in [0, 0.05) is 6.54 Å². The van der Waals surface area contributed by atoms with Crippen molar-refractivity contribution in [2.75, 3.05) is 6.54 Å². The van der Waals surface area contributed by atoms with E-state index < -0.39 is 10.0 Å². The van der Waals surface area contributed by atoms with Gasteiger partial charge in [-0.25, -0.2) is 17.8 Å². The Bertz CT molecular complexity index is 783. The minimum Gasteiger partial charge on any atom is -0.236 e. The van der Waals surface area contributed by atoms with Gasteiger partial charge in [-0.15, -0.1) is 0 Å². The molecule has 2 rings (SSSR count). The van der Waals surface area contributed by atoms with Gasteiger partial charge in [0.15, 0.2) is 0 Å². The lowest BCUT2D eigenvalue weighted by Gasteiger charge is -2.15. The number of rotatable bonds is 9. The summed E-state index contributed by atoms with van der Waals surface area (Å²) in [5, 5.41) is 4.44. The van der Waals surface area contributed by atoms with E-state index in [4.69, 9.17) is 0 Å². The van der Waals surface area contributed by atoms with Gasteiger partial charge in [0.25, 0.3) is 0 Å². The molecule has 0 saturated heterocycles. The van der Waals surface area contributed by atoms with E-state index in [2.05, 4.69) is 23.7 Å². The van der Waals surface area contributed by atoms with Gasteiger partial charge in [-0.3, -0.25) is 0 Å². The van der Waals surface area contributed by atoms with E-state index in [1.165, 1.54) is 0 Å².